The zero-order chi connectivity index (χ0) is 19.0. The highest BCUT2D eigenvalue weighted by Gasteiger charge is 2.34. The van der Waals surface area contributed by atoms with Gasteiger partial charge in [0.05, 0.1) is 5.52 Å². The zero-order valence-corrected chi connectivity index (χ0v) is 14.9. The number of likely N-dealkylation sites (tertiary alicyclic amines) is 1. The standard InChI is InChI=1S/C19H23FN2O4/c1-11-5-12(2)8-22(7-11)18(19(25)26)15-9-21(10-17(23)24)16-6-13(20)3-4-14(15)16/h3-4,6,9,11-12,18H,5,7-8,10H2,1-2H3,(H,23,24)(H,25,26)/t11-,12+,18-/m0/s1. The molecule has 2 heterocycles. The number of fused-ring (bicyclic) bond motifs is 1. The number of aliphatic carboxylic acids is 2. The van der Waals surface area contributed by atoms with Crippen LogP contribution in [0.1, 0.15) is 31.9 Å². The van der Waals surface area contributed by atoms with Crippen molar-refractivity contribution in [2.24, 2.45) is 11.8 Å². The fraction of sp³-hybridized carbons (Fsp3) is 0.474. The SMILES string of the molecule is C[C@@H]1C[C@H](C)CN([C@H](C(=O)O)c2cn(CC(=O)O)c3cc(F)ccc23)C1. The van der Waals surface area contributed by atoms with Crippen LogP contribution in [0.25, 0.3) is 10.9 Å². The maximum absolute atomic E-state index is 13.7. The van der Waals surface area contributed by atoms with E-state index in [-0.39, 0.29) is 6.54 Å². The molecular weight excluding hydrogens is 339 g/mol. The van der Waals surface area contributed by atoms with Gasteiger partial charge in [0.15, 0.2) is 0 Å². The van der Waals surface area contributed by atoms with Crippen molar-refractivity contribution in [2.75, 3.05) is 13.1 Å². The molecule has 1 aliphatic heterocycles. The third kappa shape index (κ3) is 3.58. The fourth-order valence-electron chi connectivity index (χ4n) is 4.20. The first-order valence-corrected chi connectivity index (χ1v) is 8.73. The number of hydrogen-bond donors (Lipinski definition) is 2. The van der Waals surface area contributed by atoms with Gasteiger partial charge in [0.1, 0.15) is 18.4 Å². The number of hydrogen-bond acceptors (Lipinski definition) is 3. The van der Waals surface area contributed by atoms with Crippen LogP contribution in [0.2, 0.25) is 0 Å². The van der Waals surface area contributed by atoms with E-state index >= 15 is 0 Å². The van der Waals surface area contributed by atoms with E-state index in [0.717, 1.165) is 6.42 Å². The Bertz CT molecular complexity index is 837. The fourth-order valence-corrected chi connectivity index (χ4v) is 4.20. The molecule has 26 heavy (non-hydrogen) atoms. The Kier molecular flexibility index (Phi) is 5.00. The number of halogens is 1. The predicted octanol–water partition coefficient (Wildman–Crippen LogP) is 2.97. The van der Waals surface area contributed by atoms with Gasteiger partial charge in [0, 0.05) is 30.2 Å². The molecule has 0 radical (unpaired) electrons. The van der Waals surface area contributed by atoms with E-state index in [1.807, 2.05) is 4.90 Å². The van der Waals surface area contributed by atoms with Crippen LogP contribution in [0.4, 0.5) is 4.39 Å². The van der Waals surface area contributed by atoms with Crippen LogP contribution in [0.5, 0.6) is 0 Å². The zero-order valence-electron chi connectivity index (χ0n) is 14.9. The molecule has 140 valence electrons. The smallest absolute Gasteiger partial charge is 0.325 e. The number of nitrogens with zero attached hydrogens (tertiary/aromatic N) is 2. The van der Waals surface area contributed by atoms with Crippen LogP contribution >= 0.6 is 0 Å². The summed E-state index contributed by atoms with van der Waals surface area (Å²) in [6, 6.07) is 3.17. The van der Waals surface area contributed by atoms with E-state index in [0.29, 0.717) is 41.4 Å². The maximum Gasteiger partial charge on any atom is 0.325 e. The third-order valence-corrected chi connectivity index (χ3v) is 4.97. The molecule has 0 bridgehead atoms. The molecule has 0 unspecified atom stereocenters. The number of aromatic nitrogens is 1. The Labute approximate surface area is 150 Å². The molecule has 1 aliphatic rings. The van der Waals surface area contributed by atoms with Crippen molar-refractivity contribution in [2.45, 2.75) is 32.9 Å². The summed E-state index contributed by atoms with van der Waals surface area (Å²) in [6.07, 6.45) is 2.59. The molecule has 1 aromatic heterocycles. The van der Waals surface area contributed by atoms with Crippen molar-refractivity contribution in [3.8, 4) is 0 Å². The number of piperidine rings is 1. The third-order valence-electron chi connectivity index (χ3n) is 4.97. The van der Waals surface area contributed by atoms with Gasteiger partial charge in [-0.25, -0.2) is 4.39 Å². The summed E-state index contributed by atoms with van der Waals surface area (Å²) in [5, 5.41) is 19.6. The highest BCUT2D eigenvalue weighted by molar-refractivity contribution is 5.90. The van der Waals surface area contributed by atoms with Gasteiger partial charge in [-0.15, -0.1) is 0 Å². The quantitative estimate of drug-likeness (QED) is 0.854. The molecule has 2 N–H and O–H groups in total. The van der Waals surface area contributed by atoms with Crippen LogP contribution in [-0.4, -0.2) is 44.7 Å². The Morgan fingerprint density at radius 3 is 2.46 bits per heavy atom. The van der Waals surface area contributed by atoms with Crippen LogP contribution in [0.15, 0.2) is 24.4 Å². The second-order valence-electron chi connectivity index (χ2n) is 7.41. The van der Waals surface area contributed by atoms with E-state index in [1.54, 1.807) is 6.20 Å². The number of carboxylic acid groups (broad SMARTS) is 2. The number of benzene rings is 1. The molecule has 1 aromatic carbocycles. The van der Waals surface area contributed by atoms with Crippen molar-refractivity contribution < 1.29 is 24.2 Å². The summed E-state index contributed by atoms with van der Waals surface area (Å²) in [5.74, 6) is -1.77. The minimum atomic E-state index is -1.06. The van der Waals surface area contributed by atoms with E-state index in [9.17, 15) is 19.1 Å². The van der Waals surface area contributed by atoms with Crippen LogP contribution < -0.4 is 0 Å². The largest absolute Gasteiger partial charge is 0.480 e. The normalized spacial score (nSPS) is 22.4. The molecule has 1 saturated heterocycles. The monoisotopic (exact) mass is 362 g/mol. The lowest BCUT2D eigenvalue weighted by molar-refractivity contribution is -0.144. The van der Waals surface area contributed by atoms with E-state index in [1.165, 1.54) is 22.8 Å². The lowest BCUT2D eigenvalue weighted by Gasteiger charge is -2.38. The van der Waals surface area contributed by atoms with Gasteiger partial charge in [-0.1, -0.05) is 13.8 Å². The van der Waals surface area contributed by atoms with Crippen LogP contribution in [0, 0.1) is 17.7 Å². The van der Waals surface area contributed by atoms with Gasteiger partial charge in [0.25, 0.3) is 0 Å². The minimum Gasteiger partial charge on any atom is -0.480 e. The maximum atomic E-state index is 13.7. The highest BCUT2D eigenvalue weighted by atomic mass is 19.1. The Morgan fingerprint density at radius 2 is 1.88 bits per heavy atom. The first kappa shape index (κ1) is 18.4. The minimum absolute atomic E-state index is 0.348. The molecular formula is C19H23FN2O4. The Balaban J connectivity index is 2.11. The average molecular weight is 362 g/mol. The van der Waals surface area contributed by atoms with Gasteiger partial charge in [-0.05, 0) is 36.5 Å². The highest BCUT2D eigenvalue weighted by Crippen LogP contribution is 2.34. The van der Waals surface area contributed by atoms with Crippen molar-refractivity contribution in [1.29, 1.82) is 0 Å². The summed E-state index contributed by atoms with van der Waals surface area (Å²) in [4.78, 5) is 25.2. The number of carboxylic acids is 2. The lowest BCUT2D eigenvalue weighted by Crippen LogP contribution is -2.43. The number of carbonyl (C=O) groups is 2. The second-order valence-corrected chi connectivity index (χ2v) is 7.41. The topological polar surface area (TPSA) is 82.8 Å². The van der Waals surface area contributed by atoms with Crippen molar-refractivity contribution in [3.05, 3.63) is 35.8 Å². The first-order valence-electron chi connectivity index (χ1n) is 8.73. The molecule has 0 aliphatic carbocycles. The molecule has 2 aromatic rings. The lowest BCUT2D eigenvalue weighted by atomic mass is 9.89. The Hall–Kier alpha value is -2.41. The molecule has 3 atom stereocenters. The summed E-state index contributed by atoms with van der Waals surface area (Å²) >= 11 is 0. The van der Waals surface area contributed by atoms with Crippen LogP contribution in [0.3, 0.4) is 0 Å². The van der Waals surface area contributed by atoms with E-state index in [2.05, 4.69) is 13.8 Å². The predicted molar refractivity (Wildman–Crippen MR) is 94.4 cm³/mol. The summed E-state index contributed by atoms with van der Waals surface area (Å²) in [7, 11) is 0. The average Bonchev–Trinajstić information content (AvgIpc) is 2.83. The van der Waals surface area contributed by atoms with Gasteiger partial charge in [-0.2, -0.15) is 0 Å². The van der Waals surface area contributed by atoms with Crippen LogP contribution in [-0.2, 0) is 16.1 Å². The van der Waals surface area contributed by atoms with Gasteiger partial charge in [-0.3, -0.25) is 14.5 Å². The van der Waals surface area contributed by atoms with E-state index < -0.39 is 23.8 Å². The van der Waals surface area contributed by atoms with Crippen molar-refractivity contribution in [1.82, 2.24) is 9.47 Å². The summed E-state index contributed by atoms with van der Waals surface area (Å²) in [6.45, 7) is 5.18. The molecule has 1 fully saturated rings. The van der Waals surface area contributed by atoms with Gasteiger partial charge < -0.3 is 14.8 Å². The summed E-state index contributed by atoms with van der Waals surface area (Å²) < 4.78 is 15.1. The summed E-state index contributed by atoms with van der Waals surface area (Å²) in [5.41, 5.74) is 0.904. The first-order chi connectivity index (χ1) is 12.3. The molecule has 3 rings (SSSR count). The van der Waals surface area contributed by atoms with Crippen molar-refractivity contribution in [3.63, 3.8) is 0 Å². The molecule has 7 heteroatoms. The second kappa shape index (κ2) is 7.07. The van der Waals surface area contributed by atoms with Gasteiger partial charge in [0.2, 0.25) is 0 Å². The van der Waals surface area contributed by atoms with E-state index in [4.69, 9.17) is 5.11 Å². The van der Waals surface area contributed by atoms with Crippen molar-refractivity contribution >= 4 is 22.8 Å². The molecule has 6 nitrogen and oxygen atoms in total. The molecule has 0 spiro atoms. The van der Waals surface area contributed by atoms with Gasteiger partial charge >= 0.3 is 11.9 Å². The Morgan fingerprint density at radius 1 is 1.23 bits per heavy atom. The number of rotatable bonds is 5. The molecule has 0 saturated carbocycles. The molecule has 0 amide bonds.